The lowest BCUT2D eigenvalue weighted by Gasteiger charge is -2.30. The number of hydrogen-bond acceptors (Lipinski definition) is 5. The quantitative estimate of drug-likeness (QED) is 0.305. The minimum absolute atomic E-state index is 0. The average Bonchev–Trinajstić information content (AvgIpc) is 3.30. The molecule has 0 radical (unpaired) electrons. The van der Waals surface area contributed by atoms with Gasteiger partial charge in [0.05, 0.1) is 29.5 Å². The molecule has 2 atom stereocenters. The summed E-state index contributed by atoms with van der Waals surface area (Å²) in [5.74, 6) is 0.584. The minimum Gasteiger partial charge on any atom is -0.332 e. The van der Waals surface area contributed by atoms with Gasteiger partial charge in [0, 0.05) is 19.6 Å². The number of hydrogen-bond donors (Lipinski definition) is 1. The van der Waals surface area contributed by atoms with Crippen LogP contribution in [0.1, 0.15) is 64.7 Å². The van der Waals surface area contributed by atoms with Gasteiger partial charge in [-0.15, -0.1) is 0 Å². The van der Waals surface area contributed by atoms with E-state index in [0.717, 1.165) is 68.6 Å². The fraction of sp³-hybridized carbons (Fsp3) is 0.654. The molecule has 1 saturated carbocycles. The van der Waals surface area contributed by atoms with Crippen LogP contribution in [-0.4, -0.2) is 75.7 Å². The number of nitrogens with zero attached hydrogens (tertiary/aromatic N) is 5. The number of fused-ring (bicyclic) bond motifs is 1. The van der Waals surface area contributed by atoms with Gasteiger partial charge in [0.2, 0.25) is 12.3 Å². The molecule has 2 heterocycles. The second kappa shape index (κ2) is 10.9. The number of hydroxylamine groups is 2. The molecule has 1 spiro atoms. The van der Waals surface area contributed by atoms with E-state index in [-0.39, 0.29) is 31.3 Å². The number of carbonyl (C=O) groups is 2. The van der Waals surface area contributed by atoms with Crippen LogP contribution in [0.2, 0.25) is 0 Å². The largest absolute Gasteiger partial charge is 0.332 e. The predicted molar refractivity (Wildman–Crippen MR) is 133 cm³/mol. The lowest BCUT2D eigenvalue weighted by molar-refractivity contribution is -0.157. The van der Waals surface area contributed by atoms with E-state index < -0.39 is 5.92 Å². The van der Waals surface area contributed by atoms with Crippen molar-refractivity contribution in [3.05, 3.63) is 30.1 Å². The van der Waals surface area contributed by atoms with Crippen molar-refractivity contribution in [3.63, 3.8) is 0 Å². The SMILES string of the molecule is C.CCCCC(CN(O)C=O)C(=O)N1CC2(CC2)CC1c1nc2ccccc2n1CCN(C)C. The Balaban J connectivity index is 0.00000324. The molecule has 8 nitrogen and oxygen atoms in total. The maximum absolute atomic E-state index is 13.8. The van der Waals surface area contributed by atoms with E-state index in [1.807, 2.05) is 23.1 Å². The predicted octanol–water partition coefficient (Wildman–Crippen LogP) is 3.94. The van der Waals surface area contributed by atoms with Crippen molar-refractivity contribution in [2.75, 3.05) is 33.7 Å². The maximum Gasteiger partial charge on any atom is 0.233 e. The number of carbonyl (C=O) groups excluding carboxylic acids is 2. The van der Waals surface area contributed by atoms with Crippen LogP contribution in [0.3, 0.4) is 0 Å². The summed E-state index contributed by atoms with van der Waals surface area (Å²) in [7, 11) is 4.13. The van der Waals surface area contributed by atoms with Gasteiger partial charge in [-0.1, -0.05) is 39.3 Å². The third-order valence-corrected chi connectivity index (χ3v) is 7.29. The Labute approximate surface area is 203 Å². The first-order chi connectivity index (χ1) is 15.9. The van der Waals surface area contributed by atoms with Crippen LogP contribution in [0.15, 0.2) is 24.3 Å². The van der Waals surface area contributed by atoms with E-state index in [0.29, 0.717) is 17.9 Å². The van der Waals surface area contributed by atoms with E-state index >= 15 is 0 Å². The Kier molecular flexibility index (Phi) is 8.36. The minimum atomic E-state index is -0.406. The Morgan fingerprint density at radius 2 is 2.06 bits per heavy atom. The number of benzene rings is 1. The lowest BCUT2D eigenvalue weighted by Crippen LogP contribution is -2.41. The van der Waals surface area contributed by atoms with E-state index in [9.17, 15) is 14.8 Å². The van der Waals surface area contributed by atoms with Crippen LogP contribution in [0.4, 0.5) is 0 Å². The van der Waals surface area contributed by atoms with Crippen molar-refractivity contribution >= 4 is 23.4 Å². The Hall–Kier alpha value is -2.45. The molecule has 8 heteroatoms. The fourth-order valence-corrected chi connectivity index (χ4v) is 5.19. The van der Waals surface area contributed by atoms with Gasteiger partial charge in [0.1, 0.15) is 5.82 Å². The molecule has 2 fully saturated rings. The molecular formula is C26H41N5O3. The van der Waals surface area contributed by atoms with Crippen LogP contribution in [-0.2, 0) is 16.1 Å². The molecule has 1 aliphatic carbocycles. The van der Waals surface area contributed by atoms with E-state index in [1.165, 1.54) is 0 Å². The Bertz CT molecular complexity index is 984. The molecule has 1 saturated heterocycles. The molecule has 2 amide bonds. The van der Waals surface area contributed by atoms with Gasteiger partial charge in [-0.25, -0.2) is 10.0 Å². The zero-order valence-electron chi connectivity index (χ0n) is 20.1. The zero-order chi connectivity index (χ0) is 23.6. The summed E-state index contributed by atoms with van der Waals surface area (Å²) in [5.41, 5.74) is 2.26. The lowest BCUT2D eigenvalue weighted by atomic mass is 9.99. The molecule has 2 unspecified atom stereocenters. The first-order valence-corrected chi connectivity index (χ1v) is 12.2. The maximum atomic E-state index is 13.8. The van der Waals surface area contributed by atoms with Crippen molar-refractivity contribution in [1.82, 2.24) is 24.4 Å². The van der Waals surface area contributed by atoms with Gasteiger partial charge in [0.15, 0.2) is 0 Å². The van der Waals surface area contributed by atoms with Gasteiger partial charge >= 0.3 is 0 Å². The number of unbranched alkanes of at least 4 members (excludes halogenated alkanes) is 1. The molecule has 2 aliphatic rings. The summed E-state index contributed by atoms with van der Waals surface area (Å²) in [4.78, 5) is 34.1. The van der Waals surface area contributed by atoms with E-state index in [4.69, 9.17) is 4.98 Å². The molecule has 0 bridgehead atoms. The highest BCUT2D eigenvalue weighted by Crippen LogP contribution is 2.58. The number of likely N-dealkylation sites (tertiary alicyclic amines) is 1. The fourth-order valence-electron chi connectivity index (χ4n) is 5.19. The number of rotatable bonds is 11. The van der Waals surface area contributed by atoms with Crippen molar-refractivity contribution in [2.45, 2.75) is 65.5 Å². The molecule has 1 aromatic heterocycles. The van der Waals surface area contributed by atoms with Crippen LogP contribution in [0.25, 0.3) is 11.0 Å². The summed E-state index contributed by atoms with van der Waals surface area (Å²) >= 11 is 0. The smallest absolute Gasteiger partial charge is 0.233 e. The average molecular weight is 472 g/mol. The molecule has 1 aromatic carbocycles. The summed E-state index contributed by atoms with van der Waals surface area (Å²) in [5, 5.41) is 10.5. The summed E-state index contributed by atoms with van der Waals surface area (Å²) < 4.78 is 2.28. The van der Waals surface area contributed by atoms with Crippen molar-refractivity contribution in [2.24, 2.45) is 11.3 Å². The van der Waals surface area contributed by atoms with Crippen LogP contribution < -0.4 is 0 Å². The van der Waals surface area contributed by atoms with Gasteiger partial charge in [-0.3, -0.25) is 14.8 Å². The molecule has 1 aliphatic heterocycles. The normalized spacial score (nSPS) is 19.4. The molecule has 1 N–H and O–H groups in total. The van der Waals surface area contributed by atoms with E-state index in [2.05, 4.69) is 36.6 Å². The number of para-hydroxylation sites is 2. The topological polar surface area (TPSA) is 81.9 Å². The van der Waals surface area contributed by atoms with Crippen LogP contribution in [0.5, 0.6) is 0 Å². The van der Waals surface area contributed by atoms with E-state index in [1.54, 1.807) is 0 Å². The number of aromatic nitrogens is 2. The first kappa shape index (κ1) is 26.2. The second-order valence-electron chi connectivity index (χ2n) is 10.2. The highest BCUT2D eigenvalue weighted by Gasteiger charge is 2.55. The highest BCUT2D eigenvalue weighted by atomic mass is 16.5. The zero-order valence-corrected chi connectivity index (χ0v) is 20.1. The van der Waals surface area contributed by atoms with Gasteiger partial charge in [0.25, 0.3) is 0 Å². The number of amides is 2. The number of imidazole rings is 1. The van der Waals surface area contributed by atoms with Crippen molar-refractivity contribution < 1.29 is 14.8 Å². The number of likely N-dealkylation sites (N-methyl/N-ethyl adjacent to an activating group) is 1. The third kappa shape index (κ3) is 5.44. The highest BCUT2D eigenvalue weighted by molar-refractivity contribution is 5.81. The van der Waals surface area contributed by atoms with Gasteiger partial charge in [-0.05, 0) is 57.3 Å². The third-order valence-electron chi connectivity index (χ3n) is 7.29. The second-order valence-corrected chi connectivity index (χ2v) is 10.2. The molecular weight excluding hydrogens is 430 g/mol. The molecule has 4 rings (SSSR count). The summed E-state index contributed by atoms with van der Waals surface area (Å²) in [6.07, 6.45) is 6.11. The standard InChI is InChI=1S/C25H37N5O3.CH4/c1-4-5-8-19(16-28(33)18-31)24(32)30-17-25(11-12-25)15-22(30)23-26-20-9-6-7-10-21(20)29(23)14-13-27(2)3;/h6-7,9-10,18-19,22,33H,4-5,8,11-17H2,1-3H3;1H4. The summed E-state index contributed by atoms with van der Waals surface area (Å²) in [6, 6.07) is 8.10. The molecule has 34 heavy (non-hydrogen) atoms. The van der Waals surface area contributed by atoms with Crippen molar-refractivity contribution in [1.29, 1.82) is 0 Å². The van der Waals surface area contributed by atoms with Crippen LogP contribution >= 0.6 is 0 Å². The van der Waals surface area contributed by atoms with Crippen LogP contribution in [0, 0.1) is 11.3 Å². The van der Waals surface area contributed by atoms with Crippen molar-refractivity contribution in [3.8, 4) is 0 Å². The monoisotopic (exact) mass is 471 g/mol. The molecule has 188 valence electrons. The van der Waals surface area contributed by atoms with Gasteiger partial charge in [-0.2, -0.15) is 0 Å². The summed E-state index contributed by atoms with van der Waals surface area (Å²) in [6.45, 7) is 4.56. The Morgan fingerprint density at radius 3 is 2.71 bits per heavy atom. The Morgan fingerprint density at radius 1 is 1.32 bits per heavy atom. The molecule has 2 aromatic rings. The first-order valence-electron chi connectivity index (χ1n) is 12.2. The van der Waals surface area contributed by atoms with Gasteiger partial charge < -0.3 is 14.4 Å².